The van der Waals surface area contributed by atoms with Crippen LogP contribution in [0.1, 0.15) is 46.0 Å². The lowest BCUT2D eigenvalue weighted by Gasteiger charge is -2.49. The van der Waals surface area contributed by atoms with Gasteiger partial charge in [-0.15, -0.1) is 0 Å². The average Bonchev–Trinajstić information content (AvgIpc) is 2.22. The summed E-state index contributed by atoms with van der Waals surface area (Å²) < 4.78 is 30.3. The van der Waals surface area contributed by atoms with E-state index in [1.54, 1.807) is 0 Å². The molecule has 2 fully saturated rings. The van der Waals surface area contributed by atoms with Crippen molar-refractivity contribution in [1.82, 2.24) is 0 Å². The van der Waals surface area contributed by atoms with E-state index in [-0.39, 0.29) is 12.0 Å². The monoisotopic (exact) mass is 292 g/mol. The molecule has 19 heavy (non-hydrogen) atoms. The Kier molecular flexibility index (Phi) is 4.15. The second-order valence-corrected chi connectivity index (χ2v) is 7.34. The van der Waals surface area contributed by atoms with Crippen LogP contribution >= 0.6 is 12.6 Å². The van der Waals surface area contributed by atoms with E-state index in [1.165, 1.54) is 12.8 Å². The maximum absolute atomic E-state index is 12.7. The van der Waals surface area contributed by atoms with Crippen molar-refractivity contribution < 1.29 is 18.3 Å². The molecule has 2 aliphatic carbocycles. The van der Waals surface area contributed by atoms with Gasteiger partial charge in [0.2, 0.25) is 0 Å². The summed E-state index contributed by atoms with van der Waals surface area (Å²) in [6.07, 6.45) is 5.37. The van der Waals surface area contributed by atoms with Crippen molar-refractivity contribution in [3.63, 3.8) is 0 Å². The molecule has 2 atom stereocenters. The van der Waals surface area contributed by atoms with Gasteiger partial charge in [0.1, 0.15) is 0 Å². The Labute approximate surface area is 118 Å². The average molecular weight is 292 g/mol. The van der Waals surface area contributed by atoms with Gasteiger partial charge in [0.25, 0.3) is 0 Å². The fourth-order valence-corrected chi connectivity index (χ4v) is 4.46. The van der Waals surface area contributed by atoms with Crippen molar-refractivity contribution in [3.05, 3.63) is 0 Å². The Bertz CT molecular complexity index is 334. The molecule has 0 spiro atoms. The number of thiol groups is 1. The number of hydrogen-bond acceptors (Lipinski definition) is 3. The van der Waals surface area contributed by atoms with E-state index in [0.717, 1.165) is 19.3 Å². The molecular weight excluding hydrogens is 270 g/mol. The van der Waals surface area contributed by atoms with E-state index in [0.29, 0.717) is 17.8 Å². The molecule has 0 aliphatic heterocycles. The number of ether oxygens (including phenoxy) is 1. The molecule has 0 aromatic carbocycles. The minimum atomic E-state index is -3.68. The molecule has 2 rings (SSSR count). The second kappa shape index (κ2) is 5.23. The second-order valence-electron chi connectivity index (χ2n) is 6.78. The van der Waals surface area contributed by atoms with Gasteiger partial charge in [0.05, 0.1) is 6.61 Å². The highest BCUT2D eigenvalue weighted by molar-refractivity contribution is 7.82. The van der Waals surface area contributed by atoms with Gasteiger partial charge in [-0.2, -0.15) is 8.78 Å². The van der Waals surface area contributed by atoms with E-state index in [1.807, 2.05) is 0 Å². The molecule has 2 unspecified atom stereocenters. The number of alkyl halides is 2. The van der Waals surface area contributed by atoms with Crippen molar-refractivity contribution in [2.75, 3.05) is 6.61 Å². The molecular formula is C14H22F2O2S. The first kappa shape index (κ1) is 15.1. The molecule has 2 bridgehead atoms. The molecule has 2 aliphatic rings. The summed E-state index contributed by atoms with van der Waals surface area (Å²) in [6, 6.07) is 0. The Morgan fingerprint density at radius 2 is 1.79 bits per heavy atom. The lowest BCUT2D eigenvalue weighted by atomic mass is 9.57. The third-order valence-electron chi connectivity index (χ3n) is 4.51. The fraction of sp³-hybridized carbons (Fsp3) is 0.929. The first-order valence-corrected chi connectivity index (χ1v) is 7.42. The predicted octanol–water partition coefficient (Wildman–Crippen LogP) is 3.90. The molecule has 0 heterocycles. The molecule has 5 heteroatoms. The topological polar surface area (TPSA) is 26.3 Å². The summed E-state index contributed by atoms with van der Waals surface area (Å²) in [6.45, 7) is 4.52. The molecule has 0 amide bonds. The SMILES string of the molecule is CC1CC2CC(C)CC(COC(=O)C(F)(F)S)(C1)C2. The van der Waals surface area contributed by atoms with Crippen molar-refractivity contribution in [3.8, 4) is 0 Å². The molecule has 2 saturated carbocycles. The Morgan fingerprint density at radius 1 is 1.26 bits per heavy atom. The largest absolute Gasteiger partial charge is 0.460 e. The minimum Gasteiger partial charge on any atom is -0.460 e. The number of esters is 1. The Morgan fingerprint density at radius 3 is 2.26 bits per heavy atom. The van der Waals surface area contributed by atoms with Gasteiger partial charge in [-0.25, -0.2) is 4.79 Å². The van der Waals surface area contributed by atoms with Gasteiger partial charge in [0, 0.05) is 5.41 Å². The maximum Gasteiger partial charge on any atom is 0.388 e. The molecule has 0 aromatic rings. The van der Waals surface area contributed by atoms with Gasteiger partial charge in [-0.1, -0.05) is 26.5 Å². The van der Waals surface area contributed by atoms with Crippen LogP contribution in [-0.2, 0) is 9.53 Å². The van der Waals surface area contributed by atoms with Crippen LogP contribution in [0.4, 0.5) is 8.78 Å². The molecule has 110 valence electrons. The van der Waals surface area contributed by atoms with Crippen LogP contribution in [0.3, 0.4) is 0 Å². The maximum atomic E-state index is 12.7. The highest BCUT2D eigenvalue weighted by Crippen LogP contribution is 2.52. The van der Waals surface area contributed by atoms with Gasteiger partial charge >= 0.3 is 11.2 Å². The molecule has 0 N–H and O–H groups in total. The van der Waals surface area contributed by atoms with Crippen LogP contribution in [0.15, 0.2) is 0 Å². The van der Waals surface area contributed by atoms with Crippen LogP contribution in [-0.4, -0.2) is 17.8 Å². The van der Waals surface area contributed by atoms with Gasteiger partial charge in [-0.05, 0) is 49.9 Å². The van der Waals surface area contributed by atoms with E-state index < -0.39 is 11.2 Å². The quantitative estimate of drug-likeness (QED) is 0.630. The third kappa shape index (κ3) is 3.61. The highest BCUT2D eigenvalue weighted by atomic mass is 32.1. The van der Waals surface area contributed by atoms with E-state index >= 15 is 0 Å². The van der Waals surface area contributed by atoms with E-state index in [9.17, 15) is 13.6 Å². The zero-order valence-corrected chi connectivity index (χ0v) is 12.4. The summed E-state index contributed by atoms with van der Waals surface area (Å²) in [5.74, 6) is 0.309. The summed E-state index contributed by atoms with van der Waals surface area (Å²) in [4.78, 5) is 11.2. The van der Waals surface area contributed by atoms with Crippen molar-refractivity contribution in [1.29, 1.82) is 0 Å². The minimum absolute atomic E-state index is 0.0886. The van der Waals surface area contributed by atoms with E-state index in [2.05, 4.69) is 26.5 Å². The molecule has 0 saturated heterocycles. The molecule has 0 radical (unpaired) electrons. The number of hydrogen-bond donors (Lipinski definition) is 1. The number of rotatable bonds is 3. The summed E-state index contributed by atoms with van der Waals surface area (Å²) in [7, 11) is 0. The first-order valence-electron chi connectivity index (χ1n) is 6.98. The predicted molar refractivity (Wildman–Crippen MR) is 72.2 cm³/mol. The van der Waals surface area contributed by atoms with E-state index in [4.69, 9.17) is 4.74 Å². The third-order valence-corrected chi connectivity index (χ3v) is 4.69. The smallest absolute Gasteiger partial charge is 0.388 e. The zero-order valence-electron chi connectivity index (χ0n) is 11.5. The first-order chi connectivity index (χ1) is 8.70. The van der Waals surface area contributed by atoms with Gasteiger partial charge in [0.15, 0.2) is 0 Å². The summed E-state index contributed by atoms with van der Waals surface area (Å²) in [5.41, 5.74) is -0.0886. The van der Waals surface area contributed by atoms with Crippen LogP contribution in [0.25, 0.3) is 0 Å². The Hall–Kier alpha value is -0.320. The van der Waals surface area contributed by atoms with Crippen LogP contribution in [0.5, 0.6) is 0 Å². The van der Waals surface area contributed by atoms with Crippen molar-refractivity contribution >= 4 is 18.6 Å². The normalized spacial score (nSPS) is 38.9. The summed E-state index contributed by atoms with van der Waals surface area (Å²) in [5, 5.41) is -3.68. The molecule has 0 aromatic heterocycles. The zero-order chi connectivity index (χ0) is 14.3. The number of fused-ring (bicyclic) bond motifs is 2. The fourth-order valence-electron chi connectivity index (χ4n) is 4.39. The van der Waals surface area contributed by atoms with Crippen molar-refractivity contribution in [2.24, 2.45) is 23.2 Å². The lowest BCUT2D eigenvalue weighted by molar-refractivity contribution is -0.167. The lowest BCUT2D eigenvalue weighted by Crippen LogP contribution is -2.43. The van der Waals surface area contributed by atoms with Crippen LogP contribution < -0.4 is 0 Å². The molecule has 2 nitrogen and oxygen atoms in total. The van der Waals surface area contributed by atoms with Gasteiger partial charge < -0.3 is 4.74 Å². The highest BCUT2D eigenvalue weighted by Gasteiger charge is 2.46. The standard InChI is InChI=1S/C14H22F2O2S/c1-9-3-11-4-10(2)6-13(5-9,7-11)8-18-12(17)14(15,16)19/h9-11,19H,3-8H2,1-2H3. The summed E-state index contributed by atoms with van der Waals surface area (Å²) >= 11 is 2.96. The van der Waals surface area contributed by atoms with Crippen LogP contribution in [0, 0.1) is 23.2 Å². The van der Waals surface area contributed by atoms with Crippen LogP contribution in [0.2, 0.25) is 0 Å². The van der Waals surface area contributed by atoms with Gasteiger partial charge in [-0.3, -0.25) is 0 Å². The Balaban J connectivity index is 2.01. The van der Waals surface area contributed by atoms with Crippen molar-refractivity contribution in [2.45, 2.75) is 51.2 Å². The number of halogens is 2. The number of carbonyl (C=O) groups excluding carboxylic acids is 1. The number of carbonyl (C=O) groups is 1.